The number of ether oxygens (including phenoxy) is 2. The third-order valence-electron chi connectivity index (χ3n) is 3.63. The highest BCUT2D eigenvalue weighted by atomic mass is 16.5. The number of carbonyl (C=O) groups excluding carboxylic acids is 3. The Kier molecular flexibility index (Phi) is 5.73. The fourth-order valence-electron chi connectivity index (χ4n) is 2.53. The van der Waals surface area contributed by atoms with Gasteiger partial charge in [-0.1, -0.05) is 6.08 Å². The highest BCUT2D eigenvalue weighted by molar-refractivity contribution is 5.95. The Bertz CT molecular complexity index is 358. The number of hydrogen-bond acceptors (Lipinski definition) is 5. The molecule has 0 amide bonds. The van der Waals surface area contributed by atoms with Crippen LogP contribution in [-0.2, 0) is 23.9 Å². The van der Waals surface area contributed by atoms with Crippen molar-refractivity contribution in [1.29, 1.82) is 0 Å². The van der Waals surface area contributed by atoms with Gasteiger partial charge in [0.25, 0.3) is 0 Å². The van der Waals surface area contributed by atoms with Gasteiger partial charge in [0.1, 0.15) is 5.78 Å². The maximum Gasteiger partial charge on any atom is 0.320 e. The number of methoxy groups -OCH3 is 2. The van der Waals surface area contributed by atoms with Gasteiger partial charge in [-0.05, 0) is 19.3 Å². The van der Waals surface area contributed by atoms with Crippen LogP contribution in [0.3, 0.4) is 0 Å². The number of Topliss-reactive ketones (excluding diaryl/α,β-unsaturated/α-hetero) is 1. The Balaban J connectivity index is 2.83. The number of ketones is 1. The summed E-state index contributed by atoms with van der Waals surface area (Å²) >= 11 is 0. The fourth-order valence-corrected chi connectivity index (χ4v) is 2.53. The van der Waals surface area contributed by atoms with Gasteiger partial charge in [-0.2, -0.15) is 0 Å². The Hall–Kier alpha value is -1.65. The van der Waals surface area contributed by atoms with Gasteiger partial charge in [0.2, 0.25) is 0 Å². The largest absolute Gasteiger partial charge is 0.468 e. The molecule has 5 nitrogen and oxygen atoms in total. The molecule has 1 aliphatic carbocycles. The standard InChI is InChI=1S/C14H20O5/c1-4-9(8-10-6-5-7-11(10)15)12(13(16)18-2)14(17)19-3/h4,9-10,12H,1,5-8H2,2-3H3. The molecule has 2 atom stereocenters. The number of rotatable bonds is 6. The molecule has 2 unspecified atom stereocenters. The van der Waals surface area contributed by atoms with Gasteiger partial charge in [0, 0.05) is 18.3 Å². The molecule has 106 valence electrons. The van der Waals surface area contributed by atoms with E-state index in [0.29, 0.717) is 12.8 Å². The van der Waals surface area contributed by atoms with Crippen molar-refractivity contribution in [2.24, 2.45) is 17.8 Å². The molecule has 0 heterocycles. The summed E-state index contributed by atoms with van der Waals surface area (Å²) < 4.78 is 9.27. The minimum Gasteiger partial charge on any atom is -0.468 e. The van der Waals surface area contributed by atoms with Gasteiger partial charge in [-0.3, -0.25) is 14.4 Å². The predicted molar refractivity (Wildman–Crippen MR) is 68.2 cm³/mol. The van der Waals surface area contributed by atoms with Crippen LogP contribution in [0.25, 0.3) is 0 Å². The summed E-state index contributed by atoms with van der Waals surface area (Å²) in [5.74, 6) is -2.68. The van der Waals surface area contributed by atoms with Crippen molar-refractivity contribution in [2.45, 2.75) is 25.7 Å². The van der Waals surface area contributed by atoms with E-state index in [-0.39, 0.29) is 11.7 Å². The second-order valence-electron chi connectivity index (χ2n) is 4.71. The van der Waals surface area contributed by atoms with Crippen molar-refractivity contribution in [3.8, 4) is 0 Å². The first-order valence-electron chi connectivity index (χ1n) is 6.36. The van der Waals surface area contributed by atoms with E-state index in [1.807, 2.05) is 0 Å². The summed E-state index contributed by atoms with van der Waals surface area (Å²) in [7, 11) is 2.44. The highest BCUT2D eigenvalue weighted by Crippen LogP contribution is 2.32. The third kappa shape index (κ3) is 3.66. The zero-order valence-electron chi connectivity index (χ0n) is 11.4. The van der Waals surface area contributed by atoms with Crippen LogP contribution in [0.1, 0.15) is 25.7 Å². The van der Waals surface area contributed by atoms with Crippen molar-refractivity contribution >= 4 is 17.7 Å². The highest BCUT2D eigenvalue weighted by Gasteiger charge is 2.38. The fraction of sp³-hybridized carbons (Fsp3) is 0.643. The average molecular weight is 268 g/mol. The van der Waals surface area contributed by atoms with E-state index < -0.39 is 23.8 Å². The second-order valence-corrected chi connectivity index (χ2v) is 4.71. The maximum absolute atomic E-state index is 11.7. The lowest BCUT2D eigenvalue weighted by molar-refractivity contribution is -0.161. The molecule has 19 heavy (non-hydrogen) atoms. The second kappa shape index (κ2) is 7.07. The molecule has 1 saturated carbocycles. The van der Waals surface area contributed by atoms with Gasteiger partial charge in [0.05, 0.1) is 14.2 Å². The van der Waals surface area contributed by atoms with Gasteiger partial charge in [-0.25, -0.2) is 0 Å². The SMILES string of the molecule is C=CC(CC1CCCC1=O)C(C(=O)OC)C(=O)OC. The van der Waals surface area contributed by atoms with Crippen LogP contribution < -0.4 is 0 Å². The Morgan fingerprint density at radius 1 is 1.37 bits per heavy atom. The zero-order chi connectivity index (χ0) is 14.4. The number of hydrogen-bond donors (Lipinski definition) is 0. The van der Waals surface area contributed by atoms with Crippen LogP contribution >= 0.6 is 0 Å². The molecule has 0 saturated heterocycles. The number of allylic oxidation sites excluding steroid dienone is 1. The Labute approximate surface area is 112 Å². The average Bonchev–Trinajstić information content (AvgIpc) is 2.82. The van der Waals surface area contributed by atoms with Gasteiger partial charge < -0.3 is 9.47 Å². The molecule has 1 aliphatic rings. The van der Waals surface area contributed by atoms with Crippen molar-refractivity contribution in [3.05, 3.63) is 12.7 Å². The topological polar surface area (TPSA) is 69.7 Å². The minimum absolute atomic E-state index is 0.0974. The third-order valence-corrected chi connectivity index (χ3v) is 3.63. The van der Waals surface area contributed by atoms with Gasteiger partial charge in [0.15, 0.2) is 5.92 Å². The summed E-state index contributed by atoms with van der Waals surface area (Å²) in [5, 5.41) is 0. The molecule has 1 fully saturated rings. The molecule has 1 rings (SSSR count). The maximum atomic E-state index is 11.7. The molecule has 0 bridgehead atoms. The van der Waals surface area contributed by atoms with E-state index in [0.717, 1.165) is 12.8 Å². The molecule has 5 heteroatoms. The van der Waals surface area contributed by atoms with E-state index in [9.17, 15) is 14.4 Å². The van der Waals surface area contributed by atoms with Crippen LogP contribution in [0, 0.1) is 17.8 Å². The normalized spacial score (nSPS) is 20.2. The first-order valence-corrected chi connectivity index (χ1v) is 6.36. The van der Waals surface area contributed by atoms with E-state index in [2.05, 4.69) is 16.1 Å². The minimum atomic E-state index is -1.04. The Morgan fingerprint density at radius 3 is 2.32 bits per heavy atom. The van der Waals surface area contributed by atoms with Crippen molar-refractivity contribution < 1.29 is 23.9 Å². The van der Waals surface area contributed by atoms with Crippen LogP contribution in [0.2, 0.25) is 0 Å². The van der Waals surface area contributed by atoms with Crippen molar-refractivity contribution in [2.75, 3.05) is 14.2 Å². The molecule has 0 N–H and O–H groups in total. The lowest BCUT2D eigenvalue weighted by atomic mass is 9.83. The van der Waals surface area contributed by atoms with Crippen LogP contribution in [-0.4, -0.2) is 31.9 Å². The smallest absolute Gasteiger partial charge is 0.320 e. The molecule has 0 radical (unpaired) electrons. The summed E-state index contributed by atoms with van der Waals surface area (Å²) in [6, 6.07) is 0. The van der Waals surface area contributed by atoms with Crippen molar-refractivity contribution in [1.82, 2.24) is 0 Å². The summed E-state index contributed by atoms with van der Waals surface area (Å²) in [6.45, 7) is 3.66. The number of esters is 2. The molecule has 0 aromatic heterocycles. The van der Waals surface area contributed by atoms with E-state index in [4.69, 9.17) is 0 Å². The van der Waals surface area contributed by atoms with Crippen molar-refractivity contribution in [3.63, 3.8) is 0 Å². The first kappa shape index (κ1) is 15.4. The molecule has 0 aromatic carbocycles. The van der Waals surface area contributed by atoms with Gasteiger partial charge in [-0.15, -0.1) is 6.58 Å². The molecule has 0 aliphatic heterocycles. The van der Waals surface area contributed by atoms with Crippen LogP contribution in [0.4, 0.5) is 0 Å². The summed E-state index contributed by atoms with van der Waals surface area (Å²) in [4.78, 5) is 35.1. The van der Waals surface area contributed by atoms with E-state index >= 15 is 0 Å². The molecule has 0 spiro atoms. The van der Waals surface area contributed by atoms with E-state index in [1.165, 1.54) is 20.3 Å². The molecule has 0 aromatic rings. The number of carbonyl (C=O) groups is 3. The summed E-state index contributed by atoms with van der Waals surface area (Å²) in [6.07, 6.45) is 4.23. The lowest BCUT2D eigenvalue weighted by Crippen LogP contribution is -2.34. The van der Waals surface area contributed by atoms with Crippen LogP contribution in [0.5, 0.6) is 0 Å². The molecular weight excluding hydrogens is 248 g/mol. The summed E-state index contributed by atoms with van der Waals surface area (Å²) in [5.41, 5.74) is 0. The van der Waals surface area contributed by atoms with Gasteiger partial charge >= 0.3 is 11.9 Å². The quantitative estimate of drug-likeness (QED) is 0.415. The van der Waals surface area contributed by atoms with E-state index in [1.54, 1.807) is 0 Å². The van der Waals surface area contributed by atoms with Crippen LogP contribution in [0.15, 0.2) is 12.7 Å². The first-order chi connectivity index (χ1) is 9.04. The zero-order valence-corrected chi connectivity index (χ0v) is 11.4. The monoisotopic (exact) mass is 268 g/mol. The molecular formula is C14H20O5. The lowest BCUT2D eigenvalue weighted by Gasteiger charge is -2.22. The Morgan fingerprint density at radius 2 is 1.95 bits per heavy atom. The predicted octanol–water partition coefficient (Wildman–Crippen LogP) is 1.51.